The van der Waals surface area contributed by atoms with Crippen LogP contribution in [0.15, 0.2) is 53.0 Å². The highest BCUT2D eigenvalue weighted by atomic mass is 79.9. The van der Waals surface area contributed by atoms with Crippen molar-refractivity contribution in [2.45, 2.75) is 25.9 Å². The van der Waals surface area contributed by atoms with Crippen LogP contribution < -0.4 is 5.32 Å². The first-order valence-corrected chi connectivity index (χ1v) is 7.03. The minimum Gasteiger partial charge on any atom is -0.304 e. The average Bonchev–Trinajstić information content (AvgIpc) is 2.38. The minimum atomic E-state index is -0.205. The third-order valence-corrected chi connectivity index (χ3v) is 3.77. The molecule has 0 radical (unpaired) electrons. The number of hydrogen-bond acceptors (Lipinski definition) is 1. The fourth-order valence-electron chi connectivity index (χ4n) is 1.93. The van der Waals surface area contributed by atoms with Gasteiger partial charge in [-0.2, -0.15) is 0 Å². The Morgan fingerprint density at radius 2 is 1.68 bits per heavy atom. The average molecular weight is 322 g/mol. The molecule has 0 atom stereocenters. The molecule has 1 N–H and O–H groups in total. The van der Waals surface area contributed by atoms with Gasteiger partial charge in [-0.25, -0.2) is 4.39 Å². The van der Waals surface area contributed by atoms with Gasteiger partial charge in [-0.1, -0.05) is 46.3 Å². The highest BCUT2D eigenvalue weighted by Crippen LogP contribution is 2.23. The molecule has 0 bridgehead atoms. The van der Waals surface area contributed by atoms with E-state index in [0.29, 0.717) is 12.1 Å². The molecule has 0 saturated heterocycles. The molecule has 2 aromatic carbocycles. The molecule has 0 aromatic heterocycles. The first-order valence-electron chi connectivity index (χ1n) is 6.23. The second kappa shape index (κ2) is 5.85. The van der Waals surface area contributed by atoms with Crippen LogP contribution in [0.2, 0.25) is 0 Å². The lowest BCUT2D eigenvalue weighted by molar-refractivity contribution is 0.396. The van der Waals surface area contributed by atoms with Crippen LogP contribution in [0.3, 0.4) is 0 Å². The van der Waals surface area contributed by atoms with Crippen molar-refractivity contribution in [1.29, 1.82) is 0 Å². The predicted octanol–water partition coefficient (Wildman–Crippen LogP) is 4.61. The summed E-state index contributed by atoms with van der Waals surface area (Å²) >= 11 is 3.43. The van der Waals surface area contributed by atoms with Crippen molar-refractivity contribution in [1.82, 2.24) is 5.32 Å². The summed E-state index contributed by atoms with van der Waals surface area (Å²) in [6.45, 7) is 4.70. The van der Waals surface area contributed by atoms with E-state index in [1.165, 1.54) is 11.6 Å². The van der Waals surface area contributed by atoms with E-state index in [1.54, 1.807) is 12.1 Å². The summed E-state index contributed by atoms with van der Waals surface area (Å²) in [5.74, 6) is -0.165. The third-order valence-electron chi connectivity index (χ3n) is 3.24. The van der Waals surface area contributed by atoms with Gasteiger partial charge in [-0.05, 0) is 37.6 Å². The van der Waals surface area contributed by atoms with Crippen molar-refractivity contribution in [3.8, 4) is 0 Å². The van der Waals surface area contributed by atoms with Crippen LogP contribution in [0.25, 0.3) is 0 Å². The molecule has 0 unspecified atom stereocenters. The predicted molar refractivity (Wildman–Crippen MR) is 80.4 cm³/mol. The first kappa shape index (κ1) is 14.2. The Morgan fingerprint density at radius 1 is 1.05 bits per heavy atom. The van der Waals surface area contributed by atoms with Gasteiger partial charge in [0.05, 0.1) is 0 Å². The van der Waals surface area contributed by atoms with E-state index in [-0.39, 0.29) is 11.4 Å². The summed E-state index contributed by atoms with van der Waals surface area (Å²) in [5, 5.41) is 3.40. The molecular formula is C16H17BrFN. The van der Waals surface area contributed by atoms with E-state index in [0.717, 1.165) is 4.47 Å². The van der Waals surface area contributed by atoms with Crippen LogP contribution in [0, 0.1) is 5.82 Å². The molecular weight excluding hydrogens is 305 g/mol. The molecule has 100 valence electrons. The third kappa shape index (κ3) is 3.64. The monoisotopic (exact) mass is 321 g/mol. The van der Waals surface area contributed by atoms with Gasteiger partial charge in [0.1, 0.15) is 5.82 Å². The second-order valence-electron chi connectivity index (χ2n) is 5.08. The Hall–Kier alpha value is -1.19. The van der Waals surface area contributed by atoms with Gasteiger partial charge >= 0.3 is 0 Å². The minimum absolute atomic E-state index is 0.165. The Balaban J connectivity index is 2.09. The normalized spacial score (nSPS) is 11.6. The molecule has 0 spiro atoms. The number of halogens is 2. The molecule has 19 heavy (non-hydrogen) atoms. The van der Waals surface area contributed by atoms with Crippen molar-refractivity contribution in [3.63, 3.8) is 0 Å². The van der Waals surface area contributed by atoms with Crippen molar-refractivity contribution in [2.24, 2.45) is 0 Å². The number of hydrogen-bond donors (Lipinski definition) is 1. The SMILES string of the molecule is CC(C)(NCc1ccccc1F)c1ccc(Br)cc1. The van der Waals surface area contributed by atoms with Gasteiger partial charge in [0, 0.05) is 22.1 Å². The van der Waals surface area contributed by atoms with Gasteiger partial charge in [-0.15, -0.1) is 0 Å². The Labute approximate surface area is 122 Å². The molecule has 0 saturated carbocycles. The van der Waals surface area contributed by atoms with E-state index in [4.69, 9.17) is 0 Å². The van der Waals surface area contributed by atoms with Crippen LogP contribution in [0.4, 0.5) is 4.39 Å². The highest BCUT2D eigenvalue weighted by molar-refractivity contribution is 9.10. The van der Waals surface area contributed by atoms with Crippen molar-refractivity contribution in [2.75, 3.05) is 0 Å². The molecule has 1 nitrogen and oxygen atoms in total. The number of benzene rings is 2. The standard InChI is InChI=1S/C16H17BrFN/c1-16(2,13-7-9-14(17)10-8-13)19-11-12-5-3-4-6-15(12)18/h3-10,19H,11H2,1-2H3. The lowest BCUT2D eigenvalue weighted by Gasteiger charge is -2.27. The summed E-state index contributed by atoms with van der Waals surface area (Å²) in [6.07, 6.45) is 0. The molecule has 0 amide bonds. The van der Waals surface area contributed by atoms with Crippen LogP contribution in [-0.2, 0) is 12.1 Å². The Kier molecular flexibility index (Phi) is 4.38. The maximum absolute atomic E-state index is 13.6. The number of rotatable bonds is 4. The fraction of sp³-hybridized carbons (Fsp3) is 0.250. The maximum Gasteiger partial charge on any atom is 0.127 e. The zero-order chi connectivity index (χ0) is 13.9. The van der Waals surface area contributed by atoms with Crippen molar-refractivity contribution in [3.05, 3.63) is 69.9 Å². The summed E-state index contributed by atoms with van der Waals surface area (Å²) in [4.78, 5) is 0. The molecule has 2 aromatic rings. The summed E-state index contributed by atoms with van der Waals surface area (Å²) < 4.78 is 14.6. The molecule has 2 rings (SSSR count). The van der Waals surface area contributed by atoms with Crippen molar-refractivity contribution < 1.29 is 4.39 Å². The smallest absolute Gasteiger partial charge is 0.127 e. The van der Waals surface area contributed by atoms with Crippen LogP contribution in [-0.4, -0.2) is 0 Å². The second-order valence-corrected chi connectivity index (χ2v) is 5.99. The molecule has 0 aliphatic rings. The van der Waals surface area contributed by atoms with E-state index < -0.39 is 0 Å². The van der Waals surface area contributed by atoms with Gasteiger partial charge in [-0.3, -0.25) is 0 Å². The van der Waals surface area contributed by atoms with Gasteiger partial charge in [0.15, 0.2) is 0 Å². The van der Waals surface area contributed by atoms with E-state index in [9.17, 15) is 4.39 Å². The molecule has 0 fully saturated rings. The van der Waals surface area contributed by atoms with Crippen LogP contribution >= 0.6 is 15.9 Å². The molecule has 0 heterocycles. The molecule has 3 heteroatoms. The summed E-state index contributed by atoms with van der Waals surface area (Å²) in [6, 6.07) is 15.0. The van der Waals surface area contributed by atoms with E-state index in [1.807, 2.05) is 18.2 Å². The van der Waals surface area contributed by atoms with Gasteiger partial charge in [0.25, 0.3) is 0 Å². The van der Waals surface area contributed by atoms with Crippen LogP contribution in [0.5, 0.6) is 0 Å². The zero-order valence-corrected chi connectivity index (χ0v) is 12.7. The highest BCUT2D eigenvalue weighted by Gasteiger charge is 2.19. The number of nitrogens with one attached hydrogen (secondary N) is 1. The fourth-order valence-corrected chi connectivity index (χ4v) is 2.19. The Bertz CT molecular complexity index is 549. The Morgan fingerprint density at radius 3 is 2.32 bits per heavy atom. The maximum atomic E-state index is 13.6. The summed E-state index contributed by atoms with van der Waals surface area (Å²) in [7, 11) is 0. The van der Waals surface area contributed by atoms with Crippen molar-refractivity contribution >= 4 is 15.9 Å². The first-order chi connectivity index (χ1) is 8.99. The zero-order valence-electron chi connectivity index (χ0n) is 11.1. The van der Waals surface area contributed by atoms with E-state index >= 15 is 0 Å². The lowest BCUT2D eigenvalue weighted by atomic mass is 9.94. The van der Waals surface area contributed by atoms with E-state index in [2.05, 4.69) is 47.2 Å². The quantitative estimate of drug-likeness (QED) is 0.866. The topological polar surface area (TPSA) is 12.0 Å². The molecule has 0 aliphatic carbocycles. The van der Waals surface area contributed by atoms with Gasteiger partial charge < -0.3 is 5.32 Å². The van der Waals surface area contributed by atoms with Crippen LogP contribution in [0.1, 0.15) is 25.0 Å². The lowest BCUT2D eigenvalue weighted by Crippen LogP contribution is -2.36. The molecule has 0 aliphatic heterocycles. The summed E-state index contributed by atoms with van der Waals surface area (Å²) in [5.41, 5.74) is 1.66. The largest absolute Gasteiger partial charge is 0.304 e. The van der Waals surface area contributed by atoms with Gasteiger partial charge in [0.2, 0.25) is 0 Å².